The van der Waals surface area contributed by atoms with Crippen molar-refractivity contribution in [1.82, 2.24) is 14.8 Å². The maximum Gasteiger partial charge on any atom is 0.0457 e. The van der Waals surface area contributed by atoms with Gasteiger partial charge in [-0.2, -0.15) is 0 Å². The van der Waals surface area contributed by atoms with E-state index < -0.39 is 0 Å². The molecule has 1 aliphatic carbocycles. The maximum atomic E-state index is 3.31. The van der Waals surface area contributed by atoms with Crippen molar-refractivity contribution < 1.29 is 0 Å². The molecule has 2 aliphatic rings. The SMILES string of the molecule is CN(C)CC1[C@H]2CN(Cc3cccc4[nH]ccc34)C[C@@H]12. The molecule has 0 bridgehead atoms. The first kappa shape index (κ1) is 12.4. The summed E-state index contributed by atoms with van der Waals surface area (Å²) in [6.07, 6.45) is 2.04. The third kappa shape index (κ3) is 2.05. The van der Waals surface area contributed by atoms with Crippen LogP contribution in [0.1, 0.15) is 5.56 Å². The van der Waals surface area contributed by atoms with Crippen LogP contribution in [0.3, 0.4) is 0 Å². The Balaban J connectivity index is 1.42. The molecule has 20 heavy (non-hydrogen) atoms. The monoisotopic (exact) mass is 269 g/mol. The number of aromatic nitrogens is 1. The van der Waals surface area contributed by atoms with E-state index in [-0.39, 0.29) is 0 Å². The summed E-state index contributed by atoms with van der Waals surface area (Å²) in [6.45, 7) is 4.97. The van der Waals surface area contributed by atoms with Crippen molar-refractivity contribution in [2.75, 3.05) is 33.7 Å². The highest BCUT2D eigenvalue weighted by Gasteiger charge is 2.55. The Morgan fingerprint density at radius 2 is 2.00 bits per heavy atom. The normalized spacial score (nSPS) is 29.2. The minimum absolute atomic E-state index is 0.961. The summed E-state index contributed by atoms with van der Waals surface area (Å²) in [7, 11) is 4.39. The van der Waals surface area contributed by atoms with Crippen molar-refractivity contribution in [2.45, 2.75) is 6.54 Å². The Bertz CT molecular complexity index is 603. The van der Waals surface area contributed by atoms with Crippen LogP contribution in [0.2, 0.25) is 0 Å². The predicted molar refractivity (Wildman–Crippen MR) is 82.6 cm³/mol. The average molecular weight is 269 g/mol. The van der Waals surface area contributed by atoms with Crippen molar-refractivity contribution in [3.63, 3.8) is 0 Å². The zero-order chi connectivity index (χ0) is 13.7. The van der Waals surface area contributed by atoms with Crippen molar-refractivity contribution >= 4 is 10.9 Å². The lowest BCUT2D eigenvalue weighted by Crippen LogP contribution is -2.27. The van der Waals surface area contributed by atoms with Crippen LogP contribution in [0.5, 0.6) is 0 Å². The van der Waals surface area contributed by atoms with Gasteiger partial charge in [-0.3, -0.25) is 4.90 Å². The third-order valence-electron chi connectivity index (χ3n) is 5.10. The van der Waals surface area contributed by atoms with Gasteiger partial charge in [0.2, 0.25) is 0 Å². The molecule has 2 heterocycles. The molecule has 1 N–H and O–H groups in total. The lowest BCUT2D eigenvalue weighted by atomic mass is 10.1. The molecule has 1 saturated carbocycles. The number of hydrogen-bond donors (Lipinski definition) is 1. The standard InChI is InChI=1S/C17H23N3/c1-19(2)9-14-15-10-20(11-16(14)15)8-12-4-3-5-17-13(12)6-7-18-17/h3-7,14-16,18H,8-11H2,1-2H3/t14?,15-,16+. The number of aromatic amines is 1. The fourth-order valence-corrected chi connectivity index (χ4v) is 4.09. The Morgan fingerprint density at radius 1 is 1.20 bits per heavy atom. The first-order chi connectivity index (χ1) is 9.72. The van der Waals surface area contributed by atoms with Crippen LogP contribution in [-0.2, 0) is 6.54 Å². The highest BCUT2D eigenvalue weighted by Crippen LogP contribution is 2.52. The summed E-state index contributed by atoms with van der Waals surface area (Å²) in [5.74, 6) is 2.88. The highest BCUT2D eigenvalue weighted by atomic mass is 15.2. The van der Waals surface area contributed by atoms with Crippen LogP contribution < -0.4 is 0 Å². The highest BCUT2D eigenvalue weighted by molar-refractivity contribution is 5.82. The van der Waals surface area contributed by atoms with Gasteiger partial charge < -0.3 is 9.88 Å². The number of nitrogens with one attached hydrogen (secondary N) is 1. The topological polar surface area (TPSA) is 22.3 Å². The number of rotatable bonds is 4. The van der Waals surface area contributed by atoms with Gasteiger partial charge in [-0.05, 0) is 49.5 Å². The third-order valence-corrected chi connectivity index (χ3v) is 5.10. The van der Waals surface area contributed by atoms with Gasteiger partial charge in [0.15, 0.2) is 0 Å². The molecule has 1 saturated heterocycles. The summed E-state index contributed by atoms with van der Waals surface area (Å²) in [4.78, 5) is 8.29. The minimum Gasteiger partial charge on any atom is -0.361 e. The van der Waals surface area contributed by atoms with Gasteiger partial charge in [0.05, 0.1) is 0 Å². The van der Waals surface area contributed by atoms with Gasteiger partial charge in [-0.1, -0.05) is 12.1 Å². The Kier molecular flexibility index (Phi) is 2.86. The molecule has 1 aromatic carbocycles. The van der Waals surface area contributed by atoms with Gasteiger partial charge in [0.1, 0.15) is 0 Å². The fourth-order valence-electron chi connectivity index (χ4n) is 4.09. The Morgan fingerprint density at radius 3 is 2.75 bits per heavy atom. The lowest BCUT2D eigenvalue weighted by molar-refractivity contribution is 0.258. The van der Waals surface area contributed by atoms with E-state index >= 15 is 0 Å². The molecule has 0 radical (unpaired) electrons. The quantitative estimate of drug-likeness (QED) is 0.921. The van der Waals surface area contributed by atoms with Crippen LogP contribution in [0.15, 0.2) is 30.5 Å². The fraction of sp³-hybridized carbons (Fsp3) is 0.529. The summed E-state index contributed by atoms with van der Waals surface area (Å²) < 4.78 is 0. The molecule has 3 heteroatoms. The van der Waals surface area contributed by atoms with Gasteiger partial charge in [-0.25, -0.2) is 0 Å². The van der Waals surface area contributed by atoms with E-state index in [1.54, 1.807) is 0 Å². The molecule has 3 atom stereocenters. The molecule has 4 rings (SSSR count). The second kappa shape index (κ2) is 4.61. The smallest absolute Gasteiger partial charge is 0.0457 e. The van der Waals surface area contributed by atoms with E-state index in [9.17, 15) is 0 Å². The van der Waals surface area contributed by atoms with Crippen LogP contribution >= 0.6 is 0 Å². The van der Waals surface area contributed by atoms with E-state index in [2.05, 4.69) is 53.1 Å². The molecule has 3 nitrogen and oxygen atoms in total. The summed E-state index contributed by atoms with van der Waals surface area (Å²) in [5, 5.41) is 1.39. The zero-order valence-corrected chi connectivity index (χ0v) is 12.3. The molecule has 106 valence electrons. The molecule has 1 aromatic heterocycles. The van der Waals surface area contributed by atoms with Crippen LogP contribution in [0.4, 0.5) is 0 Å². The van der Waals surface area contributed by atoms with Crippen LogP contribution in [0, 0.1) is 17.8 Å². The maximum absolute atomic E-state index is 3.31. The summed E-state index contributed by atoms with van der Waals surface area (Å²) >= 11 is 0. The van der Waals surface area contributed by atoms with Gasteiger partial charge in [0, 0.05) is 43.3 Å². The second-order valence-electron chi connectivity index (χ2n) is 6.80. The van der Waals surface area contributed by atoms with E-state index in [0.29, 0.717) is 0 Å². The van der Waals surface area contributed by atoms with E-state index in [1.807, 2.05) is 6.20 Å². The molecule has 1 aliphatic heterocycles. The summed E-state index contributed by atoms with van der Waals surface area (Å²) in [6, 6.07) is 8.81. The first-order valence-corrected chi connectivity index (χ1v) is 7.64. The van der Waals surface area contributed by atoms with Crippen molar-refractivity contribution in [1.29, 1.82) is 0 Å². The number of piperidine rings is 1. The molecular weight excluding hydrogens is 246 g/mol. The number of nitrogens with zero attached hydrogens (tertiary/aromatic N) is 2. The number of hydrogen-bond acceptors (Lipinski definition) is 2. The first-order valence-electron chi connectivity index (χ1n) is 7.64. The second-order valence-corrected chi connectivity index (χ2v) is 6.80. The van der Waals surface area contributed by atoms with Crippen molar-refractivity contribution in [3.05, 3.63) is 36.0 Å². The zero-order valence-electron chi connectivity index (χ0n) is 12.3. The molecule has 1 unspecified atom stereocenters. The van der Waals surface area contributed by atoms with Crippen LogP contribution in [-0.4, -0.2) is 48.5 Å². The number of H-pyrrole nitrogens is 1. The number of benzene rings is 1. The Labute approximate surface area is 120 Å². The molecule has 2 aromatic rings. The lowest BCUT2D eigenvalue weighted by Gasteiger charge is -2.21. The summed E-state index contributed by atoms with van der Waals surface area (Å²) in [5.41, 5.74) is 2.73. The minimum atomic E-state index is 0.961. The van der Waals surface area contributed by atoms with Gasteiger partial charge in [0.25, 0.3) is 0 Å². The number of likely N-dealkylation sites (tertiary alicyclic amines) is 1. The van der Waals surface area contributed by atoms with Crippen molar-refractivity contribution in [2.24, 2.45) is 17.8 Å². The van der Waals surface area contributed by atoms with Crippen molar-refractivity contribution in [3.8, 4) is 0 Å². The van der Waals surface area contributed by atoms with Crippen LogP contribution in [0.25, 0.3) is 10.9 Å². The largest absolute Gasteiger partial charge is 0.361 e. The van der Waals surface area contributed by atoms with E-state index in [1.165, 1.54) is 36.1 Å². The van der Waals surface area contributed by atoms with Gasteiger partial charge in [-0.15, -0.1) is 0 Å². The molecular formula is C17H23N3. The molecule has 2 fully saturated rings. The molecule has 0 amide bonds. The molecule has 0 spiro atoms. The average Bonchev–Trinajstić information content (AvgIpc) is 2.86. The number of fused-ring (bicyclic) bond motifs is 2. The predicted octanol–water partition coefficient (Wildman–Crippen LogP) is 2.41. The van der Waals surface area contributed by atoms with E-state index in [4.69, 9.17) is 0 Å². The van der Waals surface area contributed by atoms with Gasteiger partial charge >= 0.3 is 0 Å². The Hall–Kier alpha value is -1.32. The van der Waals surface area contributed by atoms with E-state index in [0.717, 1.165) is 24.3 Å².